The smallest absolute Gasteiger partial charge is 0.320 e. The van der Waals surface area contributed by atoms with Crippen molar-refractivity contribution in [1.82, 2.24) is 14.7 Å². The molecule has 4 nitrogen and oxygen atoms in total. The van der Waals surface area contributed by atoms with Crippen LogP contribution in [0.25, 0.3) is 0 Å². The number of hydrogen-bond donors (Lipinski definition) is 0. The minimum atomic E-state index is 0.228. The lowest BCUT2D eigenvalue weighted by atomic mass is 10.2. The van der Waals surface area contributed by atoms with Gasteiger partial charge >= 0.3 is 6.03 Å². The first-order valence-electron chi connectivity index (χ1n) is 5.98. The largest absolute Gasteiger partial charge is 0.326 e. The lowest BCUT2D eigenvalue weighted by molar-refractivity contribution is 0.118. The summed E-state index contributed by atoms with van der Waals surface area (Å²) in [5, 5.41) is 0. The Labute approximate surface area is 90.8 Å². The van der Waals surface area contributed by atoms with Crippen LogP contribution >= 0.6 is 0 Å². The zero-order chi connectivity index (χ0) is 10.4. The molecule has 3 rings (SSSR count). The summed E-state index contributed by atoms with van der Waals surface area (Å²) in [7, 11) is 1.91. The Morgan fingerprint density at radius 1 is 1.27 bits per heavy atom. The predicted octanol–water partition coefficient (Wildman–Crippen LogP) is 0.448. The van der Waals surface area contributed by atoms with Crippen LogP contribution in [0, 0.1) is 5.92 Å². The normalized spacial score (nSPS) is 32.3. The summed E-state index contributed by atoms with van der Waals surface area (Å²) in [6.07, 6.45) is 2.84. The number of fused-ring (bicyclic) bond motifs is 1. The minimum Gasteiger partial charge on any atom is -0.326 e. The number of carbonyl (C=O) groups is 1. The molecule has 0 N–H and O–H groups in total. The van der Waals surface area contributed by atoms with Crippen LogP contribution in [0.2, 0.25) is 0 Å². The van der Waals surface area contributed by atoms with Gasteiger partial charge in [0.25, 0.3) is 0 Å². The van der Waals surface area contributed by atoms with E-state index in [0.717, 1.165) is 32.1 Å². The molecule has 0 bridgehead atoms. The Balaban J connectivity index is 1.61. The fourth-order valence-electron chi connectivity index (χ4n) is 2.77. The Morgan fingerprint density at radius 3 is 2.80 bits per heavy atom. The summed E-state index contributed by atoms with van der Waals surface area (Å²) in [6.45, 7) is 5.28. The molecule has 1 saturated carbocycles. The second-order valence-electron chi connectivity index (χ2n) is 5.21. The van der Waals surface area contributed by atoms with Crippen LogP contribution in [0.5, 0.6) is 0 Å². The van der Waals surface area contributed by atoms with Crippen LogP contribution < -0.4 is 0 Å². The van der Waals surface area contributed by atoms with Gasteiger partial charge in [0.15, 0.2) is 0 Å². The third-order valence-electron chi connectivity index (χ3n) is 3.84. The van der Waals surface area contributed by atoms with E-state index in [9.17, 15) is 4.79 Å². The average molecular weight is 209 g/mol. The molecule has 4 heteroatoms. The Hall–Kier alpha value is -0.770. The molecular formula is C11H19N3O. The number of amides is 2. The number of nitrogens with zero attached hydrogens (tertiary/aromatic N) is 3. The molecule has 2 amide bonds. The first kappa shape index (κ1) is 9.46. The van der Waals surface area contributed by atoms with Gasteiger partial charge in [-0.1, -0.05) is 0 Å². The molecule has 2 saturated heterocycles. The number of likely N-dealkylation sites (N-methyl/N-ethyl adjacent to an activating group) is 1. The highest BCUT2D eigenvalue weighted by atomic mass is 16.2. The third-order valence-corrected chi connectivity index (χ3v) is 3.84. The van der Waals surface area contributed by atoms with E-state index in [-0.39, 0.29) is 6.03 Å². The lowest BCUT2D eigenvalue weighted by Crippen LogP contribution is -2.52. The van der Waals surface area contributed by atoms with Gasteiger partial charge in [0.05, 0.1) is 6.04 Å². The Morgan fingerprint density at radius 2 is 2.07 bits per heavy atom. The van der Waals surface area contributed by atoms with E-state index in [1.807, 2.05) is 16.8 Å². The summed E-state index contributed by atoms with van der Waals surface area (Å²) in [5.74, 6) is 0.964. The maximum atomic E-state index is 11.7. The zero-order valence-corrected chi connectivity index (χ0v) is 9.35. The van der Waals surface area contributed by atoms with Crippen molar-refractivity contribution in [2.45, 2.75) is 18.9 Å². The van der Waals surface area contributed by atoms with Gasteiger partial charge in [-0.3, -0.25) is 4.90 Å². The standard InChI is InChI=1S/C11H19N3O/c1-12-7-10-8-13(6-9-2-3-9)4-5-14(10)11(12)15/h9-10H,2-8H2,1H3/t10-/m0/s1. The fraction of sp³-hybridized carbons (Fsp3) is 0.909. The van der Waals surface area contributed by atoms with E-state index in [1.54, 1.807) is 0 Å². The summed E-state index contributed by atoms with van der Waals surface area (Å²) < 4.78 is 0. The van der Waals surface area contributed by atoms with E-state index >= 15 is 0 Å². The van der Waals surface area contributed by atoms with Crippen LogP contribution in [-0.2, 0) is 0 Å². The molecule has 84 valence electrons. The van der Waals surface area contributed by atoms with Crippen molar-refractivity contribution in [3.8, 4) is 0 Å². The summed E-state index contributed by atoms with van der Waals surface area (Å²) >= 11 is 0. The summed E-state index contributed by atoms with van der Waals surface area (Å²) in [4.78, 5) is 18.2. The van der Waals surface area contributed by atoms with Gasteiger partial charge in [-0.25, -0.2) is 4.79 Å². The molecule has 0 radical (unpaired) electrons. The van der Waals surface area contributed by atoms with Crippen molar-refractivity contribution in [3.63, 3.8) is 0 Å². The molecule has 0 spiro atoms. The van der Waals surface area contributed by atoms with Crippen LogP contribution in [0.15, 0.2) is 0 Å². The van der Waals surface area contributed by atoms with Crippen molar-refractivity contribution in [2.24, 2.45) is 5.92 Å². The molecule has 3 aliphatic rings. The number of rotatable bonds is 2. The molecule has 1 aliphatic carbocycles. The molecule has 1 atom stereocenters. The maximum absolute atomic E-state index is 11.7. The first-order valence-corrected chi connectivity index (χ1v) is 5.98. The lowest BCUT2D eigenvalue weighted by Gasteiger charge is -2.36. The van der Waals surface area contributed by atoms with Crippen molar-refractivity contribution < 1.29 is 4.79 Å². The van der Waals surface area contributed by atoms with E-state index < -0.39 is 0 Å². The van der Waals surface area contributed by atoms with E-state index in [4.69, 9.17) is 0 Å². The van der Waals surface area contributed by atoms with Crippen molar-refractivity contribution >= 4 is 6.03 Å². The highest BCUT2D eigenvalue weighted by Gasteiger charge is 2.39. The SMILES string of the molecule is CN1C[C@H]2CN(CC3CC3)CCN2C1=O. The van der Waals surface area contributed by atoms with Gasteiger partial charge in [0, 0.05) is 39.8 Å². The highest BCUT2D eigenvalue weighted by molar-refractivity contribution is 5.77. The molecule has 0 aromatic heterocycles. The van der Waals surface area contributed by atoms with Gasteiger partial charge in [-0.2, -0.15) is 0 Å². The number of urea groups is 1. The van der Waals surface area contributed by atoms with E-state index in [0.29, 0.717) is 6.04 Å². The maximum Gasteiger partial charge on any atom is 0.320 e. The van der Waals surface area contributed by atoms with Crippen LogP contribution in [0.3, 0.4) is 0 Å². The molecule has 2 heterocycles. The van der Waals surface area contributed by atoms with Gasteiger partial charge in [0.2, 0.25) is 0 Å². The van der Waals surface area contributed by atoms with Crippen molar-refractivity contribution in [3.05, 3.63) is 0 Å². The molecule has 15 heavy (non-hydrogen) atoms. The third kappa shape index (κ3) is 1.71. The second kappa shape index (κ2) is 3.37. The molecule has 2 aliphatic heterocycles. The monoisotopic (exact) mass is 209 g/mol. The van der Waals surface area contributed by atoms with Crippen molar-refractivity contribution in [1.29, 1.82) is 0 Å². The van der Waals surface area contributed by atoms with Gasteiger partial charge in [-0.05, 0) is 18.8 Å². The summed E-state index contributed by atoms with van der Waals surface area (Å²) in [5.41, 5.74) is 0. The van der Waals surface area contributed by atoms with Crippen LogP contribution in [-0.4, -0.2) is 66.5 Å². The van der Waals surface area contributed by atoms with Crippen LogP contribution in [0.4, 0.5) is 4.79 Å². The Kier molecular flexibility index (Phi) is 2.12. The zero-order valence-electron chi connectivity index (χ0n) is 9.35. The Bertz CT molecular complexity index is 277. The average Bonchev–Trinajstić information content (AvgIpc) is 2.96. The van der Waals surface area contributed by atoms with Gasteiger partial charge in [0.1, 0.15) is 0 Å². The quantitative estimate of drug-likeness (QED) is 0.660. The van der Waals surface area contributed by atoms with E-state index in [1.165, 1.54) is 19.4 Å². The number of hydrogen-bond acceptors (Lipinski definition) is 2. The molecule has 0 aromatic carbocycles. The second-order valence-corrected chi connectivity index (χ2v) is 5.21. The highest BCUT2D eigenvalue weighted by Crippen LogP contribution is 2.31. The number of carbonyl (C=O) groups excluding carboxylic acids is 1. The molecule has 3 fully saturated rings. The van der Waals surface area contributed by atoms with Crippen LogP contribution in [0.1, 0.15) is 12.8 Å². The fourth-order valence-corrected chi connectivity index (χ4v) is 2.77. The van der Waals surface area contributed by atoms with Gasteiger partial charge in [-0.15, -0.1) is 0 Å². The minimum absolute atomic E-state index is 0.228. The summed E-state index contributed by atoms with van der Waals surface area (Å²) in [6, 6.07) is 0.682. The van der Waals surface area contributed by atoms with Crippen molar-refractivity contribution in [2.75, 3.05) is 39.8 Å². The first-order chi connectivity index (χ1) is 7.24. The number of piperazine rings is 1. The molecule has 0 aromatic rings. The van der Waals surface area contributed by atoms with E-state index in [2.05, 4.69) is 4.90 Å². The molecular weight excluding hydrogens is 190 g/mol. The molecule has 0 unspecified atom stereocenters. The predicted molar refractivity (Wildman–Crippen MR) is 57.7 cm³/mol. The topological polar surface area (TPSA) is 26.8 Å². The van der Waals surface area contributed by atoms with Gasteiger partial charge < -0.3 is 9.80 Å².